The van der Waals surface area contributed by atoms with Crippen LogP contribution in [0.25, 0.3) is 22.6 Å². The van der Waals surface area contributed by atoms with E-state index < -0.39 is 5.82 Å². The molecule has 4 rings (SSSR count). The van der Waals surface area contributed by atoms with E-state index in [-0.39, 0.29) is 5.91 Å². The van der Waals surface area contributed by atoms with Crippen LogP contribution in [-0.2, 0) is 0 Å². The highest BCUT2D eigenvalue weighted by Gasteiger charge is 2.11. The number of amides is 1. The lowest BCUT2D eigenvalue weighted by Gasteiger charge is -2.04. The molecule has 128 valence electrons. The predicted molar refractivity (Wildman–Crippen MR) is 98.8 cm³/mol. The first kappa shape index (κ1) is 16.3. The van der Waals surface area contributed by atoms with Crippen LogP contribution in [0.4, 0.5) is 10.1 Å². The van der Waals surface area contributed by atoms with E-state index in [4.69, 9.17) is 16.0 Å². The number of aromatic nitrogens is 1. The van der Waals surface area contributed by atoms with E-state index in [1.807, 2.05) is 12.1 Å². The van der Waals surface area contributed by atoms with Gasteiger partial charge in [-0.3, -0.25) is 4.79 Å². The molecule has 0 unspecified atom stereocenters. The molecule has 1 amide bonds. The highest BCUT2D eigenvalue weighted by molar-refractivity contribution is 6.30. The quantitative estimate of drug-likeness (QED) is 0.518. The van der Waals surface area contributed by atoms with Crippen LogP contribution in [0, 0.1) is 5.82 Å². The van der Waals surface area contributed by atoms with Gasteiger partial charge in [0.2, 0.25) is 5.89 Å². The number of carbonyl (C=O) groups excluding carboxylic acids is 1. The fourth-order valence-electron chi connectivity index (χ4n) is 2.55. The molecule has 0 saturated carbocycles. The number of oxazole rings is 1. The summed E-state index contributed by atoms with van der Waals surface area (Å²) in [5.74, 6) is -0.276. The predicted octanol–water partition coefficient (Wildman–Crippen LogP) is 5.54. The first-order chi connectivity index (χ1) is 12.6. The Balaban J connectivity index is 1.61. The molecule has 3 aromatic carbocycles. The maximum Gasteiger partial charge on any atom is 0.255 e. The number of nitrogens with one attached hydrogen (secondary N) is 1. The Labute approximate surface area is 153 Å². The second kappa shape index (κ2) is 6.61. The van der Waals surface area contributed by atoms with Gasteiger partial charge in [0, 0.05) is 27.9 Å². The summed E-state index contributed by atoms with van der Waals surface area (Å²) >= 11 is 6.00. The first-order valence-corrected chi connectivity index (χ1v) is 8.20. The third-order valence-corrected chi connectivity index (χ3v) is 4.06. The number of anilines is 1. The SMILES string of the molecule is O=C(Nc1ccc2nc(-c3cccc(Cl)c3)oc2c1)c1ccc(F)cc1. The van der Waals surface area contributed by atoms with Crippen LogP contribution in [0.5, 0.6) is 0 Å². The maximum absolute atomic E-state index is 13.0. The van der Waals surface area contributed by atoms with E-state index in [2.05, 4.69) is 10.3 Å². The van der Waals surface area contributed by atoms with E-state index >= 15 is 0 Å². The molecule has 0 saturated heterocycles. The van der Waals surface area contributed by atoms with Gasteiger partial charge >= 0.3 is 0 Å². The molecule has 0 fully saturated rings. The zero-order chi connectivity index (χ0) is 18.1. The summed E-state index contributed by atoms with van der Waals surface area (Å²) in [4.78, 5) is 16.7. The number of halogens is 2. The number of nitrogens with zero attached hydrogens (tertiary/aromatic N) is 1. The van der Waals surface area contributed by atoms with Gasteiger partial charge in [-0.1, -0.05) is 17.7 Å². The van der Waals surface area contributed by atoms with Crippen LogP contribution in [-0.4, -0.2) is 10.9 Å². The fraction of sp³-hybridized carbons (Fsp3) is 0. The highest BCUT2D eigenvalue weighted by Crippen LogP contribution is 2.27. The normalized spacial score (nSPS) is 10.8. The maximum atomic E-state index is 13.0. The number of hydrogen-bond acceptors (Lipinski definition) is 3. The number of rotatable bonds is 3. The monoisotopic (exact) mass is 366 g/mol. The van der Waals surface area contributed by atoms with Gasteiger partial charge in [0.05, 0.1) is 0 Å². The number of fused-ring (bicyclic) bond motifs is 1. The molecule has 6 heteroatoms. The second-order valence-corrected chi connectivity index (χ2v) is 6.11. The molecule has 1 N–H and O–H groups in total. The topological polar surface area (TPSA) is 55.1 Å². The van der Waals surface area contributed by atoms with Gasteiger partial charge in [0.15, 0.2) is 5.58 Å². The van der Waals surface area contributed by atoms with Crippen molar-refractivity contribution in [3.05, 3.63) is 83.1 Å². The summed E-state index contributed by atoms with van der Waals surface area (Å²) in [7, 11) is 0. The van der Waals surface area contributed by atoms with Crippen LogP contribution in [0.3, 0.4) is 0 Å². The van der Waals surface area contributed by atoms with Crippen molar-refractivity contribution in [3.63, 3.8) is 0 Å². The second-order valence-electron chi connectivity index (χ2n) is 5.67. The van der Waals surface area contributed by atoms with Crippen molar-refractivity contribution >= 4 is 34.3 Å². The van der Waals surface area contributed by atoms with Crippen molar-refractivity contribution in [2.75, 3.05) is 5.32 Å². The van der Waals surface area contributed by atoms with E-state index in [9.17, 15) is 9.18 Å². The molecule has 4 aromatic rings. The zero-order valence-corrected chi connectivity index (χ0v) is 14.1. The van der Waals surface area contributed by atoms with Crippen molar-refractivity contribution in [1.29, 1.82) is 0 Å². The number of benzene rings is 3. The van der Waals surface area contributed by atoms with E-state index in [0.717, 1.165) is 5.56 Å². The van der Waals surface area contributed by atoms with Crippen molar-refractivity contribution < 1.29 is 13.6 Å². The third-order valence-electron chi connectivity index (χ3n) is 3.82. The Kier molecular flexibility index (Phi) is 4.14. The van der Waals surface area contributed by atoms with Crippen molar-refractivity contribution in [1.82, 2.24) is 4.98 Å². The molecule has 1 heterocycles. The summed E-state index contributed by atoms with van der Waals surface area (Å²) in [6.45, 7) is 0. The minimum atomic E-state index is -0.391. The van der Waals surface area contributed by atoms with Gasteiger partial charge in [-0.05, 0) is 54.6 Å². The molecule has 0 aliphatic carbocycles. The van der Waals surface area contributed by atoms with Gasteiger partial charge in [-0.15, -0.1) is 0 Å². The summed E-state index contributed by atoms with van der Waals surface area (Å²) in [6.07, 6.45) is 0. The Morgan fingerprint density at radius 1 is 1.04 bits per heavy atom. The van der Waals surface area contributed by atoms with E-state index in [0.29, 0.717) is 33.3 Å². The summed E-state index contributed by atoms with van der Waals surface area (Å²) in [5, 5.41) is 3.35. The minimum absolute atomic E-state index is 0.334. The van der Waals surface area contributed by atoms with Crippen LogP contribution in [0.15, 0.2) is 71.1 Å². The van der Waals surface area contributed by atoms with E-state index in [1.54, 1.807) is 30.3 Å². The summed E-state index contributed by atoms with van der Waals surface area (Å²) in [6, 6.07) is 17.7. The summed E-state index contributed by atoms with van der Waals surface area (Å²) < 4.78 is 18.7. The van der Waals surface area contributed by atoms with Crippen molar-refractivity contribution in [3.8, 4) is 11.5 Å². The molecule has 0 atom stereocenters. The average Bonchev–Trinajstić information content (AvgIpc) is 3.05. The molecule has 0 radical (unpaired) electrons. The van der Waals surface area contributed by atoms with Crippen molar-refractivity contribution in [2.24, 2.45) is 0 Å². The average molecular weight is 367 g/mol. The molecule has 0 spiro atoms. The smallest absolute Gasteiger partial charge is 0.255 e. The van der Waals surface area contributed by atoms with Crippen LogP contribution in [0.2, 0.25) is 5.02 Å². The largest absolute Gasteiger partial charge is 0.436 e. The third kappa shape index (κ3) is 3.30. The number of carbonyl (C=O) groups is 1. The molecular formula is C20H12ClFN2O2. The Bertz CT molecular complexity index is 1110. The van der Waals surface area contributed by atoms with Gasteiger partial charge < -0.3 is 9.73 Å². The molecule has 26 heavy (non-hydrogen) atoms. The lowest BCUT2D eigenvalue weighted by Crippen LogP contribution is -2.11. The molecule has 0 bridgehead atoms. The standard InChI is InChI=1S/C20H12ClFN2O2/c21-14-3-1-2-13(10-14)20-24-17-9-8-16(11-18(17)26-20)23-19(25)12-4-6-15(22)7-5-12/h1-11H,(H,23,25). The molecule has 0 aliphatic rings. The lowest BCUT2D eigenvalue weighted by atomic mass is 10.2. The molecular weight excluding hydrogens is 355 g/mol. The lowest BCUT2D eigenvalue weighted by molar-refractivity contribution is 0.102. The Hall–Kier alpha value is -3.18. The minimum Gasteiger partial charge on any atom is -0.436 e. The van der Waals surface area contributed by atoms with Gasteiger partial charge in [0.1, 0.15) is 11.3 Å². The van der Waals surface area contributed by atoms with Crippen molar-refractivity contribution in [2.45, 2.75) is 0 Å². The van der Waals surface area contributed by atoms with Crippen LogP contribution < -0.4 is 5.32 Å². The van der Waals surface area contributed by atoms with Crippen LogP contribution in [0.1, 0.15) is 10.4 Å². The van der Waals surface area contributed by atoms with Crippen LogP contribution >= 0.6 is 11.6 Å². The zero-order valence-electron chi connectivity index (χ0n) is 13.4. The van der Waals surface area contributed by atoms with E-state index in [1.165, 1.54) is 24.3 Å². The van der Waals surface area contributed by atoms with Gasteiger partial charge in [-0.25, -0.2) is 9.37 Å². The Morgan fingerprint density at radius 2 is 1.85 bits per heavy atom. The van der Waals surface area contributed by atoms with Gasteiger partial charge in [0.25, 0.3) is 5.91 Å². The summed E-state index contributed by atoms with van der Waals surface area (Å²) in [5.41, 5.74) is 2.89. The molecule has 4 nitrogen and oxygen atoms in total. The Morgan fingerprint density at radius 3 is 2.62 bits per heavy atom. The molecule has 0 aliphatic heterocycles. The fourth-order valence-corrected chi connectivity index (χ4v) is 2.74. The molecule has 1 aromatic heterocycles. The first-order valence-electron chi connectivity index (χ1n) is 7.82. The highest BCUT2D eigenvalue weighted by atomic mass is 35.5. The van der Waals surface area contributed by atoms with Gasteiger partial charge in [-0.2, -0.15) is 0 Å². The number of hydrogen-bond donors (Lipinski definition) is 1.